The molecule has 2 aromatic carbocycles. The number of carbonyl (C=O) groups excluding carboxylic acids is 1. The van der Waals surface area contributed by atoms with Gasteiger partial charge in [-0.2, -0.15) is 0 Å². The van der Waals surface area contributed by atoms with Gasteiger partial charge in [-0.05, 0) is 28.3 Å². The summed E-state index contributed by atoms with van der Waals surface area (Å²) in [7, 11) is 0. The first kappa shape index (κ1) is 14.7. The first-order valence-electron chi connectivity index (χ1n) is 6.62. The summed E-state index contributed by atoms with van der Waals surface area (Å²) in [5.41, 5.74) is 3.02. The Morgan fingerprint density at radius 3 is 2.14 bits per heavy atom. The number of aromatic carboxylic acids is 1. The molecule has 0 aliphatic rings. The number of hydrogen-bond donors (Lipinski definition) is 1. The summed E-state index contributed by atoms with van der Waals surface area (Å²) in [4.78, 5) is 22.4. The van der Waals surface area contributed by atoms with Crippen molar-refractivity contribution in [3.8, 4) is 0 Å². The van der Waals surface area contributed by atoms with Crippen LogP contribution in [0.5, 0.6) is 0 Å². The van der Waals surface area contributed by atoms with Crippen LogP contribution in [-0.2, 0) is 4.79 Å². The van der Waals surface area contributed by atoms with E-state index in [1.165, 1.54) is 0 Å². The van der Waals surface area contributed by atoms with Crippen molar-refractivity contribution in [1.29, 1.82) is 0 Å². The molecule has 0 spiro atoms. The van der Waals surface area contributed by atoms with Crippen LogP contribution in [0.15, 0.2) is 55.1 Å². The summed E-state index contributed by atoms with van der Waals surface area (Å²) in [5, 5.41) is 9.29. The number of carbonyl (C=O) groups is 2. The minimum Gasteiger partial charge on any atom is -0.478 e. The predicted octanol–water partition coefficient (Wildman–Crippen LogP) is 3.75. The molecule has 2 rings (SSSR count). The zero-order valence-electron chi connectivity index (χ0n) is 11.7. The van der Waals surface area contributed by atoms with Gasteiger partial charge in [0, 0.05) is 5.92 Å². The Morgan fingerprint density at radius 2 is 1.57 bits per heavy atom. The Hall–Kier alpha value is -2.68. The lowest BCUT2D eigenvalue weighted by Crippen LogP contribution is -2.05. The zero-order valence-corrected chi connectivity index (χ0v) is 11.7. The van der Waals surface area contributed by atoms with Gasteiger partial charge in [-0.3, -0.25) is 0 Å². The van der Waals surface area contributed by atoms with Gasteiger partial charge in [0.2, 0.25) is 0 Å². The van der Waals surface area contributed by atoms with Gasteiger partial charge < -0.3 is 9.90 Å². The molecule has 106 valence electrons. The average Bonchev–Trinajstić information content (AvgIpc) is 2.53. The molecule has 1 unspecified atom stereocenters. The van der Waals surface area contributed by atoms with Crippen LogP contribution < -0.4 is 0 Å². The summed E-state index contributed by atoms with van der Waals surface area (Å²) in [5.74, 6) is -1.26. The van der Waals surface area contributed by atoms with Crippen LogP contribution in [0.25, 0.3) is 5.57 Å². The lowest BCUT2D eigenvalue weighted by atomic mass is 9.88. The second kappa shape index (κ2) is 6.18. The van der Waals surface area contributed by atoms with Gasteiger partial charge in [0.05, 0.1) is 5.56 Å². The lowest BCUT2D eigenvalue weighted by Gasteiger charge is -2.15. The molecular weight excluding hydrogens is 264 g/mol. The van der Waals surface area contributed by atoms with Crippen molar-refractivity contribution in [2.24, 2.45) is 0 Å². The highest BCUT2D eigenvalue weighted by Crippen LogP contribution is 2.30. The quantitative estimate of drug-likeness (QED) is 0.849. The monoisotopic (exact) mass is 280 g/mol. The first-order valence-corrected chi connectivity index (χ1v) is 6.62. The van der Waals surface area contributed by atoms with Crippen LogP contribution in [0.2, 0.25) is 0 Å². The third-order valence-electron chi connectivity index (χ3n) is 3.46. The maximum atomic E-state index is 11.3. The van der Waals surface area contributed by atoms with E-state index in [2.05, 4.69) is 6.58 Å². The summed E-state index contributed by atoms with van der Waals surface area (Å²) < 4.78 is 0. The number of aldehydes is 1. The Labute approximate surface area is 123 Å². The number of hydrogen-bond acceptors (Lipinski definition) is 2. The van der Waals surface area contributed by atoms with Crippen LogP contribution >= 0.6 is 0 Å². The molecule has 0 aliphatic carbocycles. The van der Waals surface area contributed by atoms with Gasteiger partial charge in [0.25, 0.3) is 0 Å². The molecule has 0 aromatic heterocycles. The van der Waals surface area contributed by atoms with Crippen LogP contribution in [0, 0.1) is 0 Å². The van der Waals surface area contributed by atoms with E-state index in [1.54, 1.807) is 24.3 Å². The summed E-state index contributed by atoms with van der Waals surface area (Å²) in [6, 6.07) is 14.2. The molecule has 3 nitrogen and oxygen atoms in total. The van der Waals surface area contributed by atoms with E-state index in [4.69, 9.17) is 0 Å². The molecule has 0 bridgehead atoms. The summed E-state index contributed by atoms with van der Waals surface area (Å²) in [6.07, 6.45) is 0.870. The molecule has 1 N–H and O–H groups in total. The fourth-order valence-electron chi connectivity index (χ4n) is 2.32. The normalized spacial score (nSPS) is 11.7. The van der Waals surface area contributed by atoms with E-state index in [0.717, 1.165) is 17.4 Å². The van der Waals surface area contributed by atoms with Gasteiger partial charge in [0.1, 0.15) is 6.29 Å². The minimum atomic E-state index is -0.993. The maximum absolute atomic E-state index is 11.3. The van der Waals surface area contributed by atoms with Crippen LogP contribution in [0.4, 0.5) is 0 Å². The standard InChI is InChI=1S/C18H16O3/c1-12(11-19)14-7-3-4-8-15(14)13(2)16-9-5-6-10-17(16)18(20)21/h3-12H,2H2,1H3,(H,20,21). The molecular formula is C18H16O3. The number of rotatable bonds is 5. The number of carboxylic acid groups (broad SMARTS) is 1. The van der Waals surface area contributed by atoms with E-state index >= 15 is 0 Å². The highest BCUT2D eigenvalue weighted by molar-refractivity contribution is 5.97. The third kappa shape index (κ3) is 2.92. The Morgan fingerprint density at radius 1 is 1.05 bits per heavy atom. The molecule has 0 amide bonds. The van der Waals surface area contributed by atoms with Crippen molar-refractivity contribution in [2.45, 2.75) is 12.8 Å². The second-order valence-corrected chi connectivity index (χ2v) is 4.84. The number of benzene rings is 2. The third-order valence-corrected chi connectivity index (χ3v) is 3.46. The molecule has 21 heavy (non-hydrogen) atoms. The maximum Gasteiger partial charge on any atom is 0.336 e. The smallest absolute Gasteiger partial charge is 0.336 e. The molecule has 0 radical (unpaired) electrons. The van der Waals surface area contributed by atoms with Crippen molar-refractivity contribution in [2.75, 3.05) is 0 Å². The average molecular weight is 280 g/mol. The van der Waals surface area contributed by atoms with Crippen molar-refractivity contribution >= 4 is 17.8 Å². The minimum absolute atomic E-state index is 0.205. The topological polar surface area (TPSA) is 54.4 Å². The van der Waals surface area contributed by atoms with Gasteiger partial charge >= 0.3 is 5.97 Å². The van der Waals surface area contributed by atoms with E-state index in [1.807, 2.05) is 31.2 Å². The molecule has 0 aliphatic heterocycles. The fraction of sp³-hybridized carbons (Fsp3) is 0.111. The van der Waals surface area contributed by atoms with E-state index in [-0.39, 0.29) is 11.5 Å². The van der Waals surface area contributed by atoms with Crippen molar-refractivity contribution in [3.63, 3.8) is 0 Å². The molecule has 3 heteroatoms. The van der Waals surface area contributed by atoms with Crippen molar-refractivity contribution < 1.29 is 14.7 Å². The Balaban J connectivity index is 2.56. The lowest BCUT2D eigenvalue weighted by molar-refractivity contribution is -0.108. The largest absolute Gasteiger partial charge is 0.478 e. The molecule has 1 atom stereocenters. The number of carboxylic acids is 1. The van der Waals surface area contributed by atoms with Gasteiger partial charge in [-0.15, -0.1) is 0 Å². The van der Waals surface area contributed by atoms with Crippen LogP contribution in [0.3, 0.4) is 0 Å². The van der Waals surface area contributed by atoms with E-state index in [0.29, 0.717) is 11.1 Å². The molecule has 2 aromatic rings. The highest BCUT2D eigenvalue weighted by atomic mass is 16.4. The molecule has 0 heterocycles. The summed E-state index contributed by atoms with van der Waals surface area (Å²) in [6.45, 7) is 5.84. The van der Waals surface area contributed by atoms with Crippen LogP contribution in [0.1, 0.15) is 39.9 Å². The molecule has 0 saturated heterocycles. The fourth-order valence-corrected chi connectivity index (χ4v) is 2.32. The highest BCUT2D eigenvalue weighted by Gasteiger charge is 2.16. The SMILES string of the molecule is C=C(c1ccccc1C(=O)O)c1ccccc1C(C)C=O. The molecule has 0 saturated carbocycles. The van der Waals surface area contributed by atoms with Gasteiger partial charge in [-0.25, -0.2) is 4.79 Å². The Bertz CT molecular complexity index is 701. The van der Waals surface area contributed by atoms with Crippen molar-refractivity contribution in [3.05, 3.63) is 77.4 Å². The van der Waals surface area contributed by atoms with Crippen molar-refractivity contribution in [1.82, 2.24) is 0 Å². The zero-order chi connectivity index (χ0) is 15.4. The van der Waals surface area contributed by atoms with E-state index in [9.17, 15) is 14.7 Å². The molecule has 0 fully saturated rings. The predicted molar refractivity (Wildman–Crippen MR) is 82.5 cm³/mol. The van der Waals surface area contributed by atoms with E-state index < -0.39 is 5.97 Å². The second-order valence-electron chi connectivity index (χ2n) is 4.84. The first-order chi connectivity index (χ1) is 10.1. The summed E-state index contributed by atoms with van der Waals surface area (Å²) >= 11 is 0. The van der Waals surface area contributed by atoms with Gasteiger partial charge in [0.15, 0.2) is 0 Å². The Kier molecular flexibility index (Phi) is 4.33. The van der Waals surface area contributed by atoms with Crippen LogP contribution in [-0.4, -0.2) is 17.4 Å². The van der Waals surface area contributed by atoms with Gasteiger partial charge in [-0.1, -0.05) is 56.0 Å².